The van der Waals surface area contributed by atoms with Crippen LogP contribution < -0.4 is 5.32 Å². The first kappa shape index (κ1) is 11.7. The highest BCUT2D eigenvalue weighted by molar-refractivity contribution is 5.79. The van der Waals surface area contributed by atoms with Crippen LogP contribution in [0.3, 0.4) is 0 Å². The molecule has 0 saturated heterocycles. The maximum Gasteiger partial charge on any atom is 0.0702 e. The van der Waals surface area contributed by atoms with E-state index in [1.54, 1.807) is 0 Å². The second-order valence-electron chi connectivity index (χ2n) is 4.66. The summed E-state index contributed by atoms with van der Waals surface area (Å²) < 4.78 is 0. The molecule has 0 aliphatic rings. The van der Waals surface area contributed by atoms with Gasteiger partial charge >= 0.3 is 0 Å². The number of benzene rings is 2. The van der Waals surface area contributed by atoms with E-state index in [1.165, 1.54) is 16.5 Å². The van der Waals surface area contributed by atoms with Crippen LogP contribution in [-0.4, -0.2) is 12.0 Å². The van der Waals surface area contributed by atoms with Gasteiger partial charge in [-0.15, -0.1) is 0 Å². The number of pyridine rings is 1. The number of rotatable bonds is 3. The summed E-state index contributed by atoms with van der Waals surface area (Å²) in [6.45, 7) is 0. The first-order chi connectivity index (χ1) is 9.35. The third-order valence-corrected chi connectivity index (χ3v) is 3.29. The molecule has 2 heteroatoms. The molecule has 0 radical (unpaired) electrons. The average molecular weight is 248 g/mol. The number of hydrogen-bond donors (Lipinski definition) is 1. The number of fused-ring (bicyclic) bond motifs is 1. The predicted molar refractivity (Wildman–Crippen MR) is 80.5 cm³/mol. The Kier molecular flexibility index (Phi) is 3.15. The Morgan fingerprint density at radius 1 is 0.947 bits per heavy atom. The molecule has 3 rings (SSSR count). The molecular weight excluding hydrogens is 232 g/mol. The van der Waals surface area contributed by atoms with E-state index in [1.807, 2.05) is 19.3 Å². The van der Waals surface area contributed by atoms with Crippen molar-refractivity contribution in [3.05, 3.63) is 71.9 Å². The maximum absolute atomic E-state index is 4.35. The minimum absolute atomic E-state index is 0.945. The Bertz CT molecular complexity index is 704. The van der Waals surface area contributed by atoms with Gasteiger partial charge in [0.1, 0.15) is 0 Å². The van der Waals surface area contributed by atoms with Crippen LogP contribution in [-0.2, 0) is 6.42 Å². The molecule has 3 aromatic rings. The number of nitrogens with zero attached hydrogens (tertiary/aromatic N) is 1. The molecule has 0 aliphatic heterocycles. The molecule has 0 unspecified atom stereocenters. The molecular formula is C17H16N2. The fourth-order valence-corrected chi connectivity index (χ4v) is 2.31. The molecule has 0 saturated carbocycles. The van der Waals surface area contributed by atoms with E-state index in [4.69, 9.17) is 0 Å². The van der Waals surface area contributed by atoms with Gasteiger partial charge in [0, 0.05) is 24.3 Å². The molecule has 0 atom stereocenters. The lowest BCUT2D eigenvalue weighted by Crippen LogP contribution is -1.92. The van der Waals surface area contributed by atoms with E-state index in [0.29, 0.717) is 0 Å². The molecule has 0 amide bonds. The van der Waals surface area contributed by atoms with Crippen molar-refractivity contribution in [1.82, 2.24) is 4.98 Å². The summed E-state index contributed by atoms with van der Waals surface area (Å²) in [5, 5.41) is 4.37. The lowest BCUT2D eigenvalue weighted by Gasteiger charge is -2.06. The Balaban J connectivity index is 1.92. The van der Waals surface area contributed by atoms with Crippen LogP contribution in [0.15, 0.2) is 60.8 Å². The smallest absolute Gasteiger partial charge is 0.0702 e. The van der Waals surface area contributed by atoms with Crippen molar-refractivity contribution >= 4 is 16.6 Å². The van der Waals surface area contributed by atoms with Gasteiger partial charge in [0.15, 0.2) is 0 Å². The number of aromatic nitrogens is 1. The zero-order valence-corrected chi connectivity index (χ0v) is 10.9. The second kappa shape index (κ2) is 5.11. The van der Waals surface area contributed by atoms with Gasteiger partial charge < -0.3 is 5.32 Å². The van der Waals surface area contributed by atoms with Gasteiger partial charge in [-0.1, -0.05) is 24.3 Å². The number of nitrogens with one attached hydrogen (secondary N) is 1. The van der Waals surface area contributed by atoms with Gasteiger partial charge in [-0.05, 0) is 47.9 Å². The fourth-order valence-electron chi connectivity index (χ4n) is 2.31. The van der Waals surface area contributed by atoms with Crippen LogP contribution in [0.5, 0.6) is 0 Å². The van der Waals surface area contributed by atoms with Crippen LogP contribution in [0.4, 0.5) is 5.69 Å². The first-order valence-corrected chi connectivity index (χ1v) is 6.45. The molecule has 94 valence electrons. The highest BCUT2D eigenvalue weighted by atomic mass is 14.8. The molecule has 2 aromatic carbocycles. The van der Waals surface area contributed by atoms with Gasteiger partial charge in [0.05, 0.1) is 5.52 Å². The summed E-state index contributed by atoms with van der Waals surface area (Å²) in [6.07, 6.45) is 2.78. The summed E-state index contributed by atoms with van der Waals surface area (Å²) >= 11 is 0. The normalized spacial score (nSPS) is 10.6. The number of anilines is 1. The zero-order chi connectivity index (χ0) is 13.1. The first-order valence-electron chi connectivity index (χ1n) is 6.45. The Morgan fingerprint density at radius 2 is 1.84 bits per heavy atom. The Labute approximate surface area is 113 Å². The summed E-state index contributed by atoms with van der Waals surface area (Å²) in [5.74, 6) is 0. The molecule has 0 fully saturated rings. The zero-order valence-electron chi connectivity index (χ0n) is 10.9. The molecule has 2 nitrogen and oxygen atoms in total. The lowest BCUT2D eigenvalue weighted by atomic mass is 10.0. The van der Waals surface area contributed by atoms with Gasteiger partial charge in [-0.25, -0.2) is 0 Å². The van der Waals surface area contributed by atoms with E-state index >= 15 is 0 Å². The van der Waals surface area contributed by atoms with Gasteiger partial charge in [0.2, 0.25) is 0 Å². The lowest BCUT2D eigenvalue weighted by molar-refractivity contribution is 1.20. The average Bonchev–Trinajstić information content (AvgIpc) is 2.47. The second-order valence-corrected chi connectivity index (χ2v) is 4.66. The molecule has 19 heavy (non-hydrogen) atoms. The summed E-state index contributed by atoms with van der Waals surface area (Å²) in [6, 6.07) is 19.1. The minimum Gasteiger partial charge on any atom is -0.388 e. The van der Waals surface area contributed by atoms with Crippen molar-refractivity contribution in [2.24, 2.45) is 0 Å². The van der Waals surface area contributed by atoms with E-state index in [-0.39, 0.29) is 0 Å². The third kappa shape index (κ3) is 2.58. The summed E-state index contributed by atoms with van der Waals surface area (Å²) in [5.41, 5.74) is 4.83. The van der Waals surface area contributed by atoms with Gasteiger partial charge in [0.25, 0.3) is 0 Å². The van der Waals surface area contributed by atoms with Gasteiger partial charge in [-0.3, -0.25) is 4.98 Å². The summed E-state index contributed by atoms with van der Waals surface area (Å²) in [4.78, 5) is 4.35. The quantitative estimate of drug-likeness (QED) is 0.761. The topological polar surface area (TPSA) is 24.9 Å². The molecule has 0 bridgehead atoms. The molecule has 1 aromatic heterocycles. The number of hydrogen-bond acceptors (Lipinski definition) is 2. The summed E-state index contributed by atoms with van der Waals surface area (Å²) in [7, 11) is 1.95. The monoisotopic (exact) mass is 248 g/mol. The van der Waals surface area contributed by atoms with Crippen LogP contribution in [0, 0.1) is 0 Å². The van der Waals surface area contributed by atoms with Crippen molar-refractivity contribution in [3.8, 4) is 0 Å². The van der Waals surface area contributed by atoms with Crippen molar-refractivity contribution in [2.75, 3.05) is 12.4 Å². The minimum atomic E-state index is 0.945. The Hall–Kier alpha value is -2.35. The highest BCUT2D eigenvalue weighted by Gasteiger charge is 2.00. The molecule has 1 heterocycles. The standard InChI is InChI=1S/C17H16N2/c1-18-16-6-2-4-13(12-16)10-14-7-8-17-15(11-14)5-3-9-19-17/h2-9,11-12,18H,10H2,1H3. The largest absolute Gasteiger partial charge is 0.388 e. The maximum atomic E-state index is 4.35. The molecule has 0 aliphatic carbocycles. The third-order valence-electron chi connectivity index (χ3n) is 3.29. The van der Waals surface area contributed by atoms with E-state index < -0.39 is 0 Å². The van der Waals surface area contributed by atoms with Crippen LogP contribution in [0.25, 0.3) is 10.9 Å². The van der Waals surface area contributed by atoms with E-state index in [2.05, 4.69) is 58.8 Å². The van der Waals surface area contributed by atoms with E-state index in [9.17, 15) is 0 Å². The Morgan fingerprint density at radius 3 is 2.74 bits per heavy atom. The van der Waals surface area contributed by atoms with Crippen LogP contribution in [0.2, 0.25) is 0 Å². The fraction of sp³-hybridized carbons (Fsp3) is 0.118. The van der Waals surface area contributed by atoms with Gasteiger partial charge in [-0.2, -0.15) is 0 Å². The highest BCUT2D eigenvalue weighted by Crippen LogP contribution is 2.18. The van der Waals surface area contributed by atoms with Crippen LogP contribution >= 0.6 is 0 Å². The van der Waals surface area contributed by atoms with Crippen molar-refractivity contribution in [2.45, 2.75) is 6.42 Å². The predicted octanol–water partition coefficient (Wildman–Crippen LogP) is 3.87. The van der Waals surface area contributed by atoms with E-state index in [0.717, 1.165) is 17.6 Å². The molecule has 0 spiro atoms. The SMILES string of the molecule is CNc1cccc(Cc2ccc3ncccc3c2)c1. The van der Waals surface area contributed by atoms with Crippen molar-refractivity contribution < 1.29 is 0 Å². The van der Waals surface area contributed by atoms with Crippen LogP contribution in [0.1, 0.15) is 11.1 Å². The van der Waals surface area contributed by atoms with Crippen molar-refractivity contribution in [1.29, 1.82) is 0 Å². The molecule has 1 N–H and O–H groups in total. The van der Waals surface area contributed by atoms with Crippen molar-refractivity contribution in [3.63, 3.8) is 0 Å².